The fraction of sp³-hybridized carbons (Fsp3) is 0.643. The molecule has 2 heterocycles. The lowest BCUT2D eigenvalue weighted by Gasteiger charge is -2.30. The van der Waals surface area contributed by atoms with Crippen LogP contribution >= 0.6 is 11.3 Å². The molecule has 124 valence electrons. The highest BCUT2D eigenvalue weighted by Gasteiger charge is 2.18. The first kappa shape index (κ1) is 17.4. The van der Waals surface area contributed by atoms with E-state index in [1.54, 1.807) is 0 Å². The summed E-state index contributed by atoms with van der Waals surface area (Å²) in [5, 5.41) is 1.44. The van der Waals surface area contributed by atoms with Gasteiger partial charge in [0.1, 0.15) is 0 Å². The molecular weight excluding hydrogens is 322 g/mol. The second kappa shape index (κ2) is 7.54. The molecule has 1 saturated heterocycles. The Kier molecular flexibility index (Phi) is 5.96. The van der Waals surface area contributed by atoms with Crippen LogP contribution in [-0.2, 0) is 10.0 Å². The molecule has 0 aromatic carbocycles. The van der Waals surface area contributed by atoms with E-state index in [1.807, 2.05) is 0 Å². The lowest BCUT2D eigenvalue weighted by Crippen LogP contribution is -2.36. The number of piperidine rings is 1. The zero-order valence-corrected chi connectivity index (χ0v) is 14.4. The molecule has 22 heavy (non-hydrogen) atoms. The van der Waals surface area contributed by atoms with Crippen molar-refractivity contribution in [2.75, 3.05) is 26.2 Å². The number of likely N-dealkylation sites (tertiary alicyclic amines) is 1. The molecule has 0 spiro atoms. The molecule has 6 nitrogen and oxygen atoms in total. The first-order valence-corrected chi connectivity index (χ1v) is 9.85. The third kappa shape index (κ3) is 4.77. The number of nitrogens with two attached hydrogens (primary N) is 1. The molecule has 8 heteroatoms. The standard InChI is InChI=1S/C14H23N3O3S2/c1-11-4-2-6-17(9-11)7-3-5-16-22(19,20)12-8-13(14(15)18)21-10-12/h8,10-11,16H,2-7,9H2,1H3,(H2,15,18). The van der Waals surface area contributed by atoms with E-state index < -0.39 is 15.9 Å². The number of rotatable bonds is 7. The molecule has 1 aromatic heterocycles. The molecule has 1 unspecified atom stereocenters. The predicted octanol–water partition coefficient (Wildman–Crippen LogP) is 1.25. The summed E-state index contributed by atoms with van der Waals surface area (Å²) in [4.78, 5) is 13.8. The summed E-state index contributed by atoms with van der Waals surface area (Å²) in [7, 11) is -3.55. The minimum atomic E-state index is -3.55. The van der Waals surface area contributed by atoms with Crippen molar-refractivity contribution in [3.05, 3.63) is 16.3 Å². The van der Waals surface area contributed by atoms with Crippen LogP contribution < -0.4 is 10.5 Å². The van der Waals surface area contributed by atoms with Crippen molar-refractivity contribution >= 4 is 27.3 Å². The van der Waals surface area contributed by atoms with Gasteiger partial charge in [-0.25, -0.2) is 13.1 Å². The summed E-state index contributed by atoms with van der Waals surface area (Å²) in [5.74, 6) is 0.120. The van der Waals surface area contributed by atoms with Gasteiger partial charge >= 0.3 is 0 Å². The van der Waals surface area contributed by atoms with Crippen LogP contribution in [0.2, 0.25) is 0 Å². The number of primary amides is 1. The Balaban J connectivity index is 1.78. The number of carbonyl (C=O) groups is 1. The van der Waals surface area contributed by atoms with Crippen molar-refractivity contribution in [2.45, 2.75) is 31.1 Å². The summed E-state index contributed by atoms with van der Waals surface area (Å²) in [6.07, 6.45) is 3.28. The van der Waals surface area contributed by atoms with Crippen LogP contribution in [0.15, 0.2) is 16.3 Å². The highest BCUT2D eigenvalue weighted by molar-refractivity contribution is 7.89. The predicted molar refractivity (Wildman–Crippen MR) is 87.5 cm³/mol. The minimum Gasteiger partial charge on any atom is -0.365 e. The third-order valence-corrected chi connectivity index (χ3v) is 6.35. The highest BCUT2D eigenvalue weighted by atomic mass is 32.2. The third-order valence-electron chi connectivity index (χ3n) is 3.81. The topological polar surface area (TPSA) is 92.5 Å². The Labute approximate surface area is 135 Å². The van der Waals surface area contributed by atoms with Crippen LogP contribution in [0.1, 0.15) is 35.9 Å². The normalized spacial score (nSPS) is 20.1. The lowest BCUT2D eigenvalue weighted by atomic mass is 10.0. The first-order chi connectivity index (χ1) is 10.4. The molecule has 0 radical (unpaired) electrons. The average molecular weight is 345 g/mol. The van der Waals surface area contributed by atoms with Gasteiger partial charge in [0.2, 0.25) is 10.0 Å². The second-order valence-electron chi connectivity index (χ2n) is 5.81. The maximum absolute atomic E-state index is 12.1. The molecule has 2 rings (SSSR count). The Morgan fingerprint density at radius 2 is 2.32 bits per heavy atom. The van der Waals surface area contributed by atoms with Crippen LogP contribution in [0.25, 0.3) is 0 Å². The molecule has 0 bridgehead atoms. The van der Waals surface area contributed by atoms with Crippen molar-refractivity contribution < 1.29 is 13.2 Å². The van der Waals surface area contributed by atoms with Gasteiger partial charge in [-0.05, 0) is 44.3 Å². The van der Waals surface area contributed by atoms with Gasteiger partial charge in [-0.2, -0.15) is 0 Å². The number of amides is 1. The van der Waals surface area contributed by atoms with Crippen LogP contribution in [0, 0.1) is 5.92 Å². The van der Waals surface area contributed by atoms with Crippen LogP contribution in [-0.4, -0.2) is 45.4 Å². The summed E-state index contributed by atoms with van der Waals surface area (Å²) in [6.45, 7) is 5.75. The van der Waals surface area contributed by atoms with E-state index in [2.05, 4.69) is 16.5 Å². The zero-order chi connectivity index (χ0) is 16.2. The second-order valence-corrected chi connectivity index (χ2v) is 8.49. The lowest BCUT2D eigenvalue weighted by molar-refractivity contribution is 0.100. The van der Waals surface area contributed by atoms with Crippen LogP contribution in [0.3, 0.4) is 0 Å². The fourth-order valence-electron chi connectivity index (χ4n) is 2.67. The van der Waals surface area contributed by atoms with E-state index in [0.29, 0.717) is 6.54 Å². The number of hydrogen-bond acceptors (Lipinski definition) is 5. The Bertz CT molecular complexity index is 613. The summed E-state index contributed by atoms with van der Waals surface area (Å²) < 4.78 is 26.8. The van der Waals surface area contributed by atoms with Crippen molar-refractivity contribution in [2.24, 2.45) is 11.7 Å². The molecular formula is C14H23N3O3S2. The van der Waals surface area contributed by atoms with Crippen molar-refractivity contribution in [3.63, 3.8) is 0 Å². The molecule has 0 saturated carbocycles. The van der Waals surface area contributed by atoms with Gasteiger partial charge in [-0.3, -0.25) is 4.79 Å². The van der Waals surface area contributed by atoms with E-state index in [1.165, 1.54) is 24.3 Å². The number of sulfonamides is 1. The van der Waals surface area contributed by atoms with Gasteiger partial charge < -0.3 is 10.6 Å². The largest absolute Gasteiger partial charge is 0.365 e. The molecule has 1 amide bonds. The smallest absolute Gasteiger partial charge is 0.258 e. The number of nitrogens with one attached hydrogen (secondary N) is 1. The highest BCUT2D eigenvalue weighted by Crippen LogP contribution is 2.19. The van der Waals surface area contributed by atoms with Crippen molar-refractivity contribution in [3.8, 4) is 0 Å². The molecule has 1 aliphatic heterocycles. The average Bonchev–Trinajstić information content (AvgIpc) is 2.94. The molecule has 3 N–H and O–H groups in total. The number of carbonyl (C=O) groups excluding carboxylic acids is 1. The maximum Gasteiger partial charge on any atom is 0.258 e. The van der Waals surface area contributed by atoms with Gasteiger partial charge in [0.05, 0.1) is 9.77 Å². The van der Waals surface area contributed by atoms with Crippen molar-refractivity contribution in [1.82, 2.24) is 9.62 Å². The Morgan fingerprint density at radius 1 is 1.55 bits per heavy atom. The quantitative estimate of drug-likeness (QED) is 0.727. The van der Waals surface area contributed by atoms with E-state index in [-0.39, 0.29) is 9.77 Å². The zero-order valence-electron chi connectivity index (χ0n) is 12.7. The van der Waals surface area contributed by atoms with E-state index >= 15 is 0 Å². The number of hydrogen-bond donors (Lipinski definition) is 2. The molecule has 1 aliphatic rings. The van der Waals surface area contributed by atoms with Gasteiger partial charge in [0.15, 0.2) is 0 Å². The van der Waals surface area contributed by atoms with Crippen LogP contribution in [0.4, 0.5) is 0 Å². The number of thiophene rings is 1. The summed E-state index contributed by atoms with van der Waals surface area (Å²) >= 11 is 1.04. The van der Waals surface area contributed by atoms with Gasteiger partial charge in [0.25, 0.3) is 5.91 Å². The van der Waals surface area contributed by atoms with Crippen LogP contribution in [0.5, 0.6) is 0 Å². The van der Waals surface area contributed by atoms with Gasteiger partial charge in [0, 0.05) is 18.5 Å². The van der Waals surface area contributed by atoms with Gasteiger partial charge in [-0.15, -0.1) is 11.3 Å². The Morgan fingerprint density at radius 3 is 2.95 bits per heavy atom. The maximum atomic E-state index is 12.1. The van der Waals surface area contributed by atoms with E-state index in [0.717, 1.165) is 43.3 Å². The number of nitrogens with zero attached hydrogens (tertiary/aromatic N) is 1. The Hall–Kier alpha value is -0.960. The first-order valence-electron chi connectivity index (χ1n) is 7.49. The van der Waals surface area contributed by atoms with Gasteiger partial charge in [-0.1, -0.05) is 6.92 Å². The SMILES string of the molecule is CC1CCCN(CCCNS(=O)(=O)c2csc(C(N)=O)c2)C1. The van der Waals surface area contributed by atoms with Crippen molar-refractivity contribution in [1.29, 1.82) is 0 Å². The summed E-state index contributed by atoms with van der Waals surface area (Å²) in [6, 6.07) is 1.32. The summed E-state index contributed by atoms with van der Waals surface area (Å²) in [5.41, 5.74) is 5.14. The van der Waals surface area contributed by atoms with E-state index in [4.69, 9.17) is 5.73 Å². The fourth-order valence-corrected chi connectivity index (χ4v) is 4.87. The molecule has 1 atom stereocenters. The molecule has 0 aliphatic carbocycles. The minimum absolute atomic E-state index is 0.109. The van der Waals surface area contributed by atoms with E-state index in [9.17, 15) is 13.2 Å². The molecule has 1 fully saturated rings. The molecule has 1 aromatic rings. The monoisotopic (exact) mass is 345 g/mol.